The van der Waals surface area contributed by atoms with Gasteiger partial charge in [-0.05, 0) is 55.5 Å². The molecule has 4 rings (SSSR count). The minimum Gasteiger partial charge on any atom is -0.335 e. The van der Waals surface area contributed by atoms with Crippen molar-refractivity contribution in [3.63, 3.8) is 0 Å². The Morgan fingerprint density at radius 2 is 1.55 bits per heavy atom. The fourth-order valence-corrected chi connectivity index (χ4v) is 5.86. The molecule has 0 unspecified atom stereocenters. The minimum absolute atomic E-state index is 0.0901. The SMILES string of the molecule is O=C(C1CCN(S(=O)(=O)c2ccc(F)cc2)CC1)N1CCC[C@H]1c1ccccc1. The molecule has 7 heteroatoms. The highest BCUT2D eigenvalue weighted by Gasteiger charge is 2.37. The average Bonchev–Trinajstić information content (AvgIpc) is 3.24. The van der Waals surface area contributed by atoms with Crippen molar-refractivity contribution in [3.8, 4) is 0 Å². The number of benzene rings is 2. The predicted octanol–water partition coefficient (Wildman–Crippen LogP) is 3.59. The topological polar surface area (TPSA) is 57.7 Å². The summed E-state index contributed by atoms with van der Waals surface area (Å²) in [6.07, 6.45) is 2.98. The van der Waals surface area contributed by atoms with Crippen LogP contribution in [0.4, 0.5) is 4.39 Å². The Kier molecular flexibility index (Phi) is 5.69. The molecule has 2 aromatic rings. The lowest BCUT2D eigenvalue weighted by Crippen LogP contribution is -2.44. The van der Waals surface area contributed by atoms with Crippen LogP contribution in [0.5, 0.6) is 0 Å². The number of halogens is 1. The number of likely N-dealkylation sites (tertiary alicyclic amines) is 1. The summed E-state index contributed by atoms with van der Waals surface area (Å²) in [4.78, 5) is 15.2. The fraction of sp³-hybridized carbons (Fsp3) is 0.409. The first-order valence-corrected chi connectivity index (χ1v) is 11.5. The number of piperidine rings is 1. The van der Waals surface area contributed by atoms with Crippen LogP contribution in [-0.4, -0.2) is 43.2 Å². The molecule has 29 heavy (non-hydrogen) atoms. The molecule has 0 N–H and O–H groups in total. The van der Waals surface area contributed by atoms with E-state index in [9.17, 15) is 17.6 Å². The van der Waals surface area contributed by atoms with Gasteiger partial charge in [0.25, 0.3) is 0 Å². The lowest BCUT2D eigenvalue weighted by Gasteiger charge is -2.34. The van der Waals surface area contributed by atoms with Crippen LogP contribution in [-0.2, 0) is 14.8 Å². The number of hydrogen-bond donors (Lipinski definition) is 0. The molecule has 2 saturated heterocycles. The van der Waals surface area contributed by atoms with Crippen molar-refractivity contribution < 1.29 is 17.6 Å². The molecule has 2 aliphatic rings. The van der Waals surface area contributed by atoms with Crippen molar-refractivity contribution in [2.75, 3.05) is 19.6 Å². The number of carbonyl (C=O) groups excluding carboxylic acids is 1. The van der Waals surface area contributed by atoms with E-state index in [0.29, 0.717) is 25.9 Å². The monoisotopic (exact) mass is 416 g/mol. The molecule has 0 radical (unpaired) electrons. The standard InChI is InChI=1S/C22H25FN2O3S/c23-19-8-10-20(11-9-19)29(27,28)24-15-12-18(13-16-24)22(26)25-14-4-7-21(25)17-5-2-1-3-6-17/h1-3,5-6,8-11,18,21H,4,7,12-16H2/t21-/m0/s1. The summed E-state index contributed by atoms with van der Waals surface area (Å²) in [5.41, 5.74) is 1.16. The minimum atomic E-state index is -3.66. The van der Waals surface area contributed by atoms with E-state index < -0.39 is 15.8 Å². The zero-order valence-electron chi connectivity index (χ0n) is 16.2. The first-order valence-electron chi connectivity index (χ1n) is 10.1. The van der Waals surface area contributed by atoms with Crippen LogP contribution >= 0.6 is 0 Å². The second-order valence-electron chi connectivity index (χ2n) is 7.73. The van der Waals surface area contributed by atoms with Crippen LogP contribution in [0.1, 0.15) is 37.3 Å². The summed E-state index contributed by atoms with van der Waals surface area (Å²) in [6, 6.07) is 15.1. The number of hydrogen-bond acceptors (Lipinski definition) is 3. The molecular formula is C22H25FN2O3S. The van der Waals surface area contributed by atoms with E-state index in [4.69, 9.17) is 0 Å². The zero-order chi connectivity index (χ0) is 20.4. The average molecular weight is 417 g/mol. The molecule has 2 heterocycles. The van der Waals surface area contributed by atoms with Crippen LogP contribution in [0.25, 0.3) is 0 Å². The summed E-state index contributed by atoms with van der Waals surface area (Å²) in [5.74, 6) is -0.485. The summed E-state index contributed by atoms with van der Waals surface area (Å²) in [6.45, 7) is 1.37. The molecule has 5 nitrogen and oxygen atoms in total. The number of sulfonamides is 1. The van der Waals surface area contributed by atoms with Crippen LogP contribution in [0.2, 0.25) is 0 Å². The highest BCUT2D eigenvalue weighted by Crippen LogP contribution is 2.35. The summed E-state index contributed by atoms with van der Waals surface area (Å²) < 4.78 is 40.1. The smallest absolute Gasteiger partial charge is 0.243 e. The van der Waals surface area contributed by atoms with Gasteiger partial charge in [-0.1, -0.05) is 30.3 Å². The van der Waals surface area contributed by atoms with Crippen molar-refractivity contribution in [3.05, 3.63) is 66.0 Å². The van der Waals surface area contributed by atoms with Gasteiger partial charge in [-0.15, -0.1) is 0 Å². The van der Waals surface area contributed by atoms with E-state index in [2.05, 4.69) is 12.1 Å². The third-order valence-corrected chi connectivity index (χ3v) is 7.89. The molecule has 154 valence electrons. The van der Waals surface area contributed by atoms with Gasteiger partial charge in [0.2, 0.25) is 15.9 Å². The third kappa shape index (κ3) is 4.07. The Labute approximate surface area is 171 Å². The van der Waals surface area contributed by atoms with Gasteiger partial charge < -0.3 is 4.90 Å². The maximum absolute atomic E-state index is 13.2. The summed E-state index contributed by atoms with van der Waals surface area (Å²) >= 11 is 0. The Hall–Kier alpha value is -2.25. The Bertz CT molecular complexity index is 955. The van der Waals surface area contributed by atoms with Gasteiger partial charge in [0, 0.05) is 25.6 Å². The van der Waals surface area contributed by atoms with Crippen molar-refractivity contribution >= 4 is 15.9 Å². The van der Waals surface area contributed by atoms with Gasteiger partial charge in [0.1, 0.15) is 5.82 Å². The highest BCUT2D eigenvalue weighted by atomic mass is 32.2. The van der Waals surface area contributed by atoms with Gasteiger partial charge in [0.05, 0.1) is 10.9 Å². The normalized spacial score (nSPS) is 21.4. The first-order chi connectivity index (χ1) is 14.0. The zero-order valence-corrected chi connectivity index (χ0v) is 17.0. The van der Waals surface area contributed by atoms with Crippen LogP contribution in [0.15, 0.2) is 59.5 Å². The maximum Gasteiger partial charge on any atom is 0.243 e. The van der Waals surface area contributed by atoms with Gasteiger partial charge in [-0.3, -0.25) is 4.79 Å². The summed E-state index contributed by atoms with van der Waals surface area (Å²) in [7, 11) is -3.66. The molecule has 0 spiro atoms. The first kappa shape index (κ1) is 20.0. The van der Waals surface area contributed by atoms with Crippen LogP contribution in [0.3, 0.4) is 0 Å². The van der Waals surface area contributed by atoms with Gasteiger partial charge in [0.15, 0.2) is 0 Å². The molecule has 0 bridgehead atoms. The van der Waals surface area contributed by atoms with Gasteiger partial charge >= 0.3 is 0 Å². The molecular weight excluding hydrogens is 391 g/mol. The molecule has 0 aromatic heterocycles. The Morgan fingerprint density at radius 1 is 0.897 bits per heavy atom. The maximum atomic E-state index is 13.2. The Morgan fingerprint density at radius 3 is 2.21 bits per heavy atom. The van der Waals surface area contributed by atoms with Gasteiger partial charge in [-0.2, -0.15) is 4.31 Å². The quantitative estimate of drug-likeness (QED) is 0.765. The lowest BCUT2D eigenvalue weighted by atomic mass is 9.95. The number of rotatable bonds is 4. The van der Waals surface area contributed by atoms with Crippen LogP contribution in [0, 0.1) is 11.7 Å². The van der Waals surface area contributed by atoms with E-state index in [1.165, 1.54) is 16.4 Å². The van der Waals surface area contributed by atoms with Crippen molar-refractivity contribution in [2.24, 2.45) is 5.92 Å². The molecule has 0 aliphatic carbocycles. The fourth-order valence-electron chi connectivity index (χ4n) is 4.39. The van der Waals surface area contributed by atoms with E-state index >= 15 is 0 Å². The number of amides is 1. The summed E-state index contributed by atoms with van der Waals surface area (Å²) in [5, 5.41) is 0. The van der Waals surface area contributed by atoms with Crippen molar-refractivity contribution in [1.82, 2.24) is 9.21 Å². The van der Waals surface area contributed by atoms with E-state index in [-0.39, 0.29) is 22.8 Å². The van der Waals surface area contributed by atoms with Crippen molar-refractivity contribution in [2.45, 2.75) is 36.6 Å². The third-order valence-electron chi connectivity index (χ3n) is 5.97. The molecule has 0 saturated carbocycles. The predicted molar refractivity (Wildman–Crippen MR) is 108 cm³/mol. The van der Waals surface area contributed by atoms with Crippen molar-refractivity contribution in [1.29, 1.82) is 0 Å². The van der Waals surface area contributed by atoms with E-state index in [1.54, 1.807) is 0 Å². The second kappa shape index (κ2) is 8.24. The largest absolute Gasteiger partial charge is 0.335 e. The molecule has 2 aliphatic heterocycles. The van der Waals surface area contributed by atoms with E-state index in [0.717, 1.165) is 37.1 Å². The molecule has 1 atom stereocenters. The van der Waals surface area contributed by atoms with Gasteiger partial charge in [-0.25, -0.2) is 12.8 Å². The molecule has 2 fully saturated rings. The lowest BCUT2D eigenvalue weighted by molar-refractivity contribution is -0.137. The van der Waals surface area contributed by atoms with Crippen LogP contribution < -0.4 is 0 Å². The van der Waals surface area contributed by atoms with E-state index in [1.807, 2.05) is 23.1 Å². The molecule has 1 amide bonds. The highest BCUT2D eigenvalue weighted by molar-refractivity contribution is 7.89. The number of carbonyl (C=O) groups is 1. The second-order valence-corrected chi connectivity index (χ2v) is 9.67. The number of nitrogens with zero attached hydrogens (tertiary/aromatic N) is 2. The molecule has 2 aromatic carbocycles. The Balaban J connectivity index is 1.41.